The van der Waals surface area contributed by atoms with E-state index in [0.717, 1.165) is 0 Å². The maximum Gasteiger partial charge on any atom is 0.313 e. The summed E-state index contributed by atoms with van der Waals surface area (Å²) in [5, 5.41) is 0. The van der Waals surface area contributed by atoms with E-state index in [1.165, 1.54) is 0 Å². The van der Waals surface area contributed by atoms with E-state index >= 15 is 0 Å². The smallest absolute Gasteiger partial charge is 0.313 e. The molecule has 2 rings (SSSR count). The second-order valence-electron chi connectivity index (χ2n) is 5.58. The number of rotatable bonds is 4. The monoisotopic (exact) mass is 284 g/mol. The molecule has 6 nitrogen and oxygen atoms in total. The predicted octanol–water partition coefficient (Wildman–Crippen LogP) is 0.865. The predicted molar refractivity (Wildman–Crippen MR) is 67.8 cm³/mol. The second-order valence-corrected chi connectivity index (χ2v) is 5.58. The Labute approximate surface area is 117 Å². The van der Waals surface area contributed by atoms with Crippen molar-refractivity contribution in [1.29, 1.82) is 0 Å². The van der Waals surface area contributed by atoms with Gasteiger partial charge in [-0.1, -0.05) is 0 Å². The average Bonchev–Trinajstić information content (AvgIpc) is 2.71. The molecule has 0 aromatic rings. The third kappa shape index (κ3) is 1.93. The van der Waals surface area contributed by atoms with E-state index in [0.29, 0.717) is 0 Å². The summed E-state index contributed by atoms with van der Waals surface area (Å²) in [6, 6.07) is 0. The van der Waals surface area contributed by atoms with Gasteiger partial charge in [-0.05, 0) is 27.7 Å². The van der Waals surface area contributed by atoms with E-state index in [2.05, 4.69) is 0 Å². The van der Waals surface area contributed by atoms with Crippen LogP contribution >= 0.6 is 0 Å². The van der Waals surface area contributed by atoms with Crippen LogP contribution in [0, 0.1) is 11.8 Å². The highest BCUT2D eigenvalue weighted by molar-refractivity contribution is 6.00. The molecular formula is C14H20O6. The first kappa shape index (κ1) is 15.0. The Kier molecular flexibility index (Phi) is 3.62. The molecule has 4 atom stereocenters. The summed E-state index contributed by atoms with van der Waals surface area (Å²) < 4.78 is 15.8. The van der Waals surface area contributed by atoms with E-state index in [9.17, 15) is 14.4 Å². The minimum absolute atomic E-state index is 0.114. The van der Waals surface area contributed by atoms with Gasteiger partial charge >= 0.3 is 11.9 Å². The Balaban J connectivity index is 2.40. The van der Waals surface area contributed by atoms with Crippen LogP contribution in [0.5, 0.6) is 0 Å². The van der Waals surface area contributed by atoms with Crippen molar-refractivity contribution >= 4 is 17.7 Å². The van der Waals surface area contributed by atoms with Crippen molar-refractivity contribution < 1.29 is 28.6 Å². The van der Waals surface area contributed by atoms with Crippen LogP contribution in [0.3, 0.4) is 0 Å². The zero-order valence-corrected chi connectivity index (χ0v) is 12.2. The number of fused-ring (bicyclic) bond motifs is 2. The molecule has 20 heavy (non-hydrogen) atoms. The van der Waals surface area contributed by atoms with Crippen LogP contribution in [-0.2, 0) is 28.6 Å². The van der Waals surface area contributed by atoms with Crippen molar-refractivity contribution in [2.75, 3.05) is 13.2 Å². The van der Waals surface area contributed by atoms with Gasteiger partial charge in [0.2, 0.25) is 0 Å². The Morgan fingerprint density at radius 1 is 1.15 bits per heavy atom. The van der Waals surface area contributed by atoms with Gasteiger partial charge in [0, 0.05) is 6.42 Å². The van der Waals surface area contributed by atoms with Gasteiger partial charge in [0.25, 0.3) is 0 Å². The molecule has 0 aromatic heterocycles. The van der Waals surface area contributed by atoms with Crippen molar-refractivity contribution in [1.82, 2.24) is 0 Å². The number of hydrogen-bond acceptors (Lipinski definition) is 6. The summed E-state index contributed by atoms with van der Waals surface area (Å²) >= 11 is 0. The maximum absolute atomic E-state index is 12.2. The van der Waals surface area contributed by atoms with Crippen molar-refractivity contribution in [3.8, 4) is 0 Å². The minimum atomic E-state index is -1.29. The zero-order chi connectivity index (χ0) is 15.1. The molecule has 0 aromatic carbocycles. The summed E-state index contributed by atoms with van der Waals surface area (Å²) in [6.45, 7) is 7.01. The van der Waals surface area contributed by atoms with Crippen LogP contribution in [0.15, 0.2) is 0 Å². The minimum Gasteiger partial charge on any atom is -0.466 e. The quantitative estimate of drug-likeness (QED) is 0.713. The normalized spacial score (nSPS) is 38.9. The number of esters is 2. The highest BCUT2D eigenvalue weighted by Crippen LogP contribution is 2.56. The highest BCUT2D eigenvalue weighted by atomic mass is 16.6. The van der Waals surface area contributed by atoms with Crippen LogP contribution in [-0.4, -0.2) is 42.1 Å². The Morgan fingerprint density at radius 2 is 1.65 bits per heavy atom. The molecule has 0 N–H and O–H groups in total. The van der Waals surface area contributed by atoms with Gasteiger partial charge < -0.3 is 14.2 Å². The molecular weight excluding hydrogens is 264 g/mol. The van der Waals surface area contributed by atoms with E-state index in [1.807, 2.05) is 0 Å². The van der Waals surface area contributed by atoms with Crippen LogP contribution in [0.2, 0.25) is 0 Å². The molecule has 6 heteroatoms. The van der Waals surface area contributed by atoms with Crippen molar-refractivity contribution in [3.63, 3.8) is 0 Å². The number of ether oxygens (including phenoxy) is 3. The first-order chi connectivity index (χ1) is 9.30. The molecule has 0 unspecified atom stereocenters. The molecule has 0 aliphatic carbocycles. The second kappa shape index (κ2) is 4.84. The standard InChI is InChI=1S/C14H20O6/c1-5-18-11(16)9-10(12(17)19-6-2)14(4)8(15)7-13(9,3)20-14/h9-10H,5-7H2,1-4H3/t9-,10+,13+,14-/m1/s1. The van der Waals surface area contributed by atoms with Gasteiger partial charge in [0.1, 0.15) is 17.4 Å². The van der Waals surface area contributed by atoms with Crippen molar-refractivity contribution in [3.05, 3.63) is 0 Å². The summed E-state index contributed by atoms with van der Waals surface area (Å²) in [5.74, 6) is -3.00. The van der Waals surface area contributed by atoms with E-state index in [4.69, 9.17) is 14.2 Å². The average molecular weight is 284 g/mol. The molecule has 2 fully saturated rings. The van der Waals surface area contributed by atoms with Gasteiger partial charge in [-0.2, -0.15) is 0 Å². The third-order valence-electron chi connectivity index (χ3n) is 4.18. The zero-order valence-electron chi connectivity index (χ0n) is 12.2. The van der Waals surface area contributed by atoms with Crippen LogP contribution < -0.4 is 0 Å². The summed E-state index contributed by atoms with van der Waals surface area (Å²) in [7, 11) is 0. The van der Waals surface area contributed by atoms with Gasteiger partial charge in [-0.25, -0.2) is 0 Å². The molecule has 0 spiro atoms. The van der Waals surface area contributed by atoms with E-state index in [-0.39, 0.29) is 25.4 Å². The fraction of sp³-hybridized carbons (Fsp3) is 0.786. The molecule has 0 radical (unpaired) electrons. The number of ketones is 1. The number of hydrogen-bond donors (Lipinski definition) is 0. The molecule has 0 saturated carbocycles. The van der Waals surface area contributed by atoms with Crippen molar-refractivity contribution in [2.24, 2.45) is 11.8 Å². The van der Waals surface area contributed by atoms with Crippen LogP contribution in [0.1, 0.15) is 34.1 Å². The number of carbonyl (C=O) groups is 3. The molecule has 2 aliphatic heterocycles. The van der Waals surface area contributed by atoms with Crippen LogP contribution in [0.25, 0.3) is 0 Å². The highest BCUT2D eigenvalue weighted by Gasteiger charge is 2.72. The Morgan fingerprint density at radius 3 is 2.15 bits per heavy atom. The Bertz CT molecular complexity index is 459. The van der Waals surface area contributed by atoms with E-state index < -0.39 is 35.0 Å². The lowest BCUT2D eigenvalue weighted by Gasteiger charge is -2.32. The fourth-order valence-corrected chi connectivity index (χ4v) is 3.36. The SMILES string of the molecule is CCOC(=O)[C@@H]1[C@H](C(=O)OCC)[C@]2(C)CC(=O)[C@@]1(C)O2. The van der Waals surface area contributed by atoms with Crippen LogP contribution in [0.4, 0.5) is 0 Å². The van der Waals surface area contributed by atoms with E-state index in [1.54, 1.807) is 27.7 Å². The largest absolute Gasteiger partial charge is 0.466 e. The topological polar surface area (TPSA) is 78.9 Å². The van der Waals surface area contributed by atoms with Gasteiger partial charge in [-0.3, -0.25) is 14.4 Å². The molecule has 2 aliphatic rings. The summed E-state index contributed by atoms with van der Waals surface area (Å²) in [6.07, 6.45) is 0.114. The lowest BCUT2D eigenvalue weighted by molar-refractivity contribution is -0.165. The van der Waals surface area contributed by atoms with Gasteiger partial charge in [0.15, 0.2) is 5.78 Å². The summed E-state index contributed by atoms with van der Waals surface area (Å²) in [5.41, 5.74) is -2.28. The fourth-order valence-electron chi connectivity index (χ4n) is 3.36. The first-order valence-corrected chi connectivity index (χ1v) is 6.87. The summed E-state index contributed by atoms with van der Waals surface area (Å²) in [4.78, 5) is 36.5. The van der Waals surface area contributed by atoms with Gasteiger partial charge in [-0.15, -0.1) is 0 Å². The first-order valence-electron chi connectivity index (χ1n) is 6.87. The van der Waals surface area contributed by atoms with Crippen molar-refractivity contribution in [2.45, 2.75) is 45.3 Å². The molecule has 2 bridgehead atoms. The molecule has 2 heterocycles. The third-order valence-corrected chi connectivity index (χ3v) is 4.18. The molecule has 112 valence electrons. The Hall–Kier alpha value is -1.43. The number of Topliss-reactive ketones (excluding diaryl/α,β-unsaturated/α-hetero) is 1. The van der Waals surface area contributed by atoms with Gasteiger partial charge in [0.05, 0.1) is 18.8 Å². The lowest BCUT2D eigenvalue weighted by Crippen LogP contribution is -2.52. The lowest BCUT2D eigenvalue weighted by atomic mass is 9.67. The molecule has 2 saturated heterocycles. The molecule has 0 amide bonds. The maximum atomic E-state index is 12.2. The number of carbonyl (C=O) groups excluding carboxylic acids is 3.